The standard InChI is InChI=1S/C36H48FN5O4/c1-22-21-45-14-13-42(22)34(43)31-17-27(37)9-12-29(31)30-15-25(16-33-32(30)18-38-40(33)6)26-19-41(20-26)23(2)24-7-10-28(11-8-24)39-35(44)46-36(3,4)5/h9,12,15-18,22-24,26,28H,7-8,10-11,13-14,19-21H2,1-6H3,(H,39,44)/t22-,23-,24?,28?/m1/s1. The molecule has 6 rings (SSSR count). The first-order valence-corrected chi connectivity index (χ1v) is 16.8. The third-order valence-electron chi connectivity index (χ3n) is 10.2. The summed E-state index contributed by atoms with van der Waals surface area (Å²) < 4.78 is 27.5. The number of hydrogen-bond donors (Lipinski definition) is 1. The number of amides is 2. The van der Waals surface area contributed by atoms with E-state index in [-0.39, 0.29) is 24.1 Å². The summed E-state index contributed by atoms with van der Waals surface area (Å²) in [5.74, 6) is 0.338. The number of ether oxygens (including phenoxy) is 2. The van der Waals surface area contributed by atoms with Gasteiger partial charge in [0.15, 0.2) is 0 Å². The Bertz CT molecular complexity index is 1580. The summed E-state index contributed by atoms with van der Waals surface area (Å²) in [6, 6.07) is 9.51. The second kappa shape index (κ2) is 13.0. The predicted octanol–water partition coefficient (Wildman–Crippen LogP) is 6.11. The number of likely N-dealkylation sites (tertiary alicyclic amines) is 1. The van der Waals surface area contributed by atoms with Gasteiger partial charge in [-0.25, -0.2) is 9.18 Å². The van der Waals surface area contributed by atoms with Crippen LogP contribution in [0.1, 0.15) is 82.1 Å². The van der Waals surface area contributed by atoms with Gasteiger partial charge in [-0.3, -0.25) is 14.4 Å². The molecule has 0 spiro atoms. The first-order valence-electron chi connectivity index (χ1n) is 16.8. The summed E-state index contributed by atoms with van der Waals surface area (Å²) in [6.07, 6.45) is 5.61. The van der Waals surface area contributed by atoms with E-state index in [4.69, 9.17) is 9.47 Å². The van der Waals surface area contributed by atoms with Crippen LogP contribution in [0.15, 0.2) is 36.5 Å². The van der Waals surface area contributed by atoms with Gasteiger partial charge in [-0.15, -0.1) is 0 Å². The number of carbonyl (C=O) groups is 2. The van der Waals surface area contributed by atoms with E-state index in [0.29, 0.717) is 43.2 Å². The van der Waals surface area contributed by atoms with E-state index in [1.165, 1.54) is 17.7 Å². The molecule has 2 atom stereocenters. The van der Waals surface area contributed by atoms with Crippen molar-refractivity contribution in [1.82, 2.24) is 24.9 Å². The Morgan fingerprint density at radius 2 is 1.83 bits per heavy atom. The van der Waals surface area contributed by atoms with E-state index in [1.54, 1.807) is 11.0 Å². The van der Waals surface area contributed by atoms with Crippen LogP contribution in [-0.2, 0) is 16.5 Å². The molecule has 3 aromatic rings. The molecular weight excluding hydrogens is 585 g/mol. The van der Waals surface area contributed by atoms with E-state index in [2.05, 4.69) is 34.4 Å². The van der Waals surface area contributed by atoms with Crippen LogP contribution < -0.4 is 5.32 Å². The Labute approximate surface area is 271 Å². The minimum Gasteiger partial charge on any atom is -0.444 e. The molecule has 2 aliphatic heterocycles. The molecule has 2 aromatic carbocycles. The van der Waals surface area contributed by atoms with Crippen molar-refractivity contribution in [3.8, 4) is 11.1 Å². The maximum atomic E-state index is 14.6. The topological polar surface area (TPSA) is 88.9 Å². The van der Waals surface area contributed by atoms with Gasteiger partial charge < -0.3 is 19.7 Å². The third kappa shape index (κ3) is 6.79. The van der Waals surface area contributed by atoms with Gasteiger partial charge in [-0.05, 0) is 107 Å². The molecular formula is C36H48FN5O4. The molecule has 1 saturated carbocycles. The molecule has 10 heteroatoms. The molecule has 3 aliphatic rings. The van der Waals surface area contributed by atoms with Gasteiger partial charge in [-0.1, -0.05) is 6.07 Å². The van der Waals surface area contributed by atoms with Gasteiger partial charge in [0.25, 0.3) is 5.91 Å². The van der Waals surface area contributed by atoms with E-state index in [0.717, 1.165) is 60.8 Å². The fraction of sp³-hybridized carbons (Fsp3) is 0.583. The number of aryl methyl sites for hydroxylation is 1. The van der Waals surface area contributed by atoms with Gasteiger partial charge in [0.1, 0.15) is 11.4 Å². The number of fused-ring (bicyclic) bond motifs is 1. The zero-order chi connectivity index (χ0) is 32.7. The van der Waals surface area contributed by atoms with Crippen molar-refractivity contribution in [3.05, 3.63) is 53.5 Å². The van der Waals surface area contributed by atoms with Crippen LogP contribution in [0.2, 0.25) is 0 Å². The summed E-state index contributed by atoms with van der Waals surface area (Å²) in [7, 11) is 1.94. The Hall–Kier alpha value is -3.50. The Morgan fingerprint density at radius 3 is 2.52 bits per heavy atom. The maximum Gasteiger partial charge on any atom is 0.407 e. The molecule has 46 heavy (non-hydrogen) atoms. The SMILES string of the molecule is C[C@H](C1CCC(NC(=O)OC(C)(C)C)CC1)N1CC(c2cc(-c3ccc(F)cc3C(=O)N3CCOC[C@H]3C)c3cnn(C)c3c2)C1. The number of halogens is 1. The molecule has 3 fully saturated rings. The number of nitrogens with zero attached hydrogens (tertiary/aromatic N) is 4. The second-order valence-corrected chi connectivity index (χ2v) is 14.5. The molecule has 3 heterocycles. The fourth-order valence-electron chi connectivity index (χ4n) is 7.41. The zero-order valence-corrected chi connectivity index (χ0v) is 28.0. The second-order valence-electron chi connectivity index (χ2n) is 14.5. The van der Waals surface area contributed by atoms with Gasteiger partial charge in [0.05, 0.1) is 36.5 Å². The quantitative estimate of drug-likeness (QED) is 0.353. The normalized spacial score (nSPS) is 23.6. The fourth-order valence-corrected chi connectivity index (χ4v) is 7.41. The van der Waals surface area contributed by atoms with Crippen LogP contribution in [0.25, 0.3) is 22.0 Å². The molecule has 2 saturated heterocycles. The first kappa shape index (κ1) is 32.4. The minimum atomic E-state index is -0.494. The Morgan fingerprint density at radius 1 is 1.09 bits per heavy atom. The van der Waals surface area contributed by atoms with Crippen molar-refractivity contribution in [3.63, 3.8) is 0 Å². The number of carbonyl (C=O) groups excluding carboxylic acids is 2. The average molecular weight is 634 g/mol. The highest BCUT2D eigenvalue weighted by Gasteiger charge is 2.37. The van der Waals surface area contributed by atoms with Gasteiger partial charge in [0, 0.05) is 50.1 Å². The van der Waals surface area contributed by atoms with E-state index >= 15 is 0 Å². The lowest BCUT2D eigenvalue weighted by atomic mass is 9.79. The highest BCUT2D eigenvalue weighted by atomic mass is 19.1. The summed E-state index contributed by atoms with van der Waals surface area (Å²) >= 11 is 0. The monoisotopic (exact) mass is 633 g/mol. The summed E-state index contributed by atoms with van der Waals surface area (Å²) in [5, 5.41) is 8.56. The Kier molecular flexibility index (Phi) is 9.13. The summed E-state index contributed by atoms with van der Waals surface area (Å²) in [4.78, 5) is 30.4. The third-order valence-corrected chi connectivity index (χ3v) is 10.2. The Balaban J connectivity index is 1.17. The van der Waals surface area contributed by atoms with Crippen LogP contribution in [0.5, 0.6) is 0 Å². The lowest BCUT2D eigenvalue weighted by Crippen LogP contribution is -2.53. The molecule has 9 nitrogen and oxygen atoms in total. The highest BCUT2D eigenvalue weighted by Crippen LogP contribution is 2.40. The van der Waals surface area contributed by atoms with Crippen LogP contribution >= 0.6 is 0 Å². The molecule has 1 aliphatic carbocycles. The summed E-state index contributed by atoms with van der Waals surface area (Å²) in [6.45, 7) is 13.3. The van der Waals surface area contributed by atoms with Crippen molar-refractivity contribution in [2.24, 2.45) is 13.0 Å². The van der Waals surface area contributed by atoms with Crippen molar-refractivity contribution < 1.29 is 23.5 Å². The van der Waals surface area contributed by atoms with E-state index in [9.17, 15) is 14.0 Å². The van der Waals surface area contributed by atoms with Gasteiger partial charge >= 0.3 is 6.09 Å². The first-order chi connectivity index (χ1) is 21.9. The summed E-state index contributed by atoms with van der Waals surface area (Å²) in [5.41, 5.74) is 3.72. The maximum absolute atomic E-state index is 14.6. The van der Waals surface area contributed by atoms with Gasteiger partial charge in [0.2, 0.25) is 0 Å². The van der Waals surface area contributed by atoms with E-state index < -0.39 is 11.4 Å². The van der Waals surface area contributed by atoms with Crippen molar-refractivity contribution >= 4 is 22.9 Å². The molecule has 0 unspecified atom stereocenters. The number of hydrogen-bond acceptors (Lipinski definition) is 6. The minimum absolute atomic E-state index is 0.0821. The van der Waals surface area contributed by atoms with Crippen molar-refractivity contribution in [1.29, 1.82) is 0 Å². The van der Waals surface area contributed by atoms with Crippen LogP contribution in [0, 0.1) is 11.7 Å². The van der Waals surface area contributed by atoms with Crippen LogP contribution in [0.3, 0.4) is 0 Å². The average Bonchev–Trinajstić information content (AvgIpc) is 3.35. The number of alkyl carbamates (subject to hydrolysis) is 1. The number of rotatable bonds is 6. The van der Waals surface area contributed by atoms with Gasteiger partial charge in [-0.2, -0.15) is 5.10 Å². The number of nitrogens with one attached hydrogen (secondary N) is 1. The number of benzene rings is 2. The van der Waals surface area contributed by atoms with Crippen molar-refractivity contribution in [2.45, 2.75) is 89.9 Å². The molecule has 0 radical (unpaired) electrons. The largest absolute Gasteiger partial charge is 0.444 e. The van der Waals surface area contributed by atoms with Crippen molar-refractivity contribution in [2.75, 3.05) is 32.8 Å². The molecule has 1 N–H and O–H groups in total. The number of aromatic nitrogens is 2. The zero-order valence-electron chi connectivity index (χ0n) is 28.0. The smallest absolute Gasteiger partial charge is 0.407 e. The molecule has 2 amide bonds. The molecule has 248 valence electrons. The lowest BCUT2D eigenvalue weighted by Gasteiger charge is -2.47. The lowest BCUT2D eigenvalue weighted by molar-refractivity contribution is 0.00361. The van der Waals surface area contributed by atoms with E-state index in [1.807, 2.05) is 45.6 Å². The van der Waals surface area contributed by atoms with Crippen LogP contribution in [-0.4, -0.2) is 88.2 Å². The predicted molar refractivity (Wildman–Crippen MR) is 176 cm³/mol. The van der Waals surface area contributed by atoms with Crippen LogP contribution in [0.4, 0.5) is 9.18 Å². The highest BCUT2D eigenvalue weighted by molar-refractivity contribution is 6.05. The molecule has 0 bridgehead atoms. The molecule has 1 aromatic heterocycles. The number of morpholine rings is 1.